The van der Waals surface area contributed by atoms with Crippen LogP contribution in [0.2, 0.25) is 0 Å². The van der Waals surface area contributed by atoms with Gasteiger partial charge in [-0.3, -0.25) is 9.55 Å². The molecule has 242 valence electrons. The maximum absolute atomic E-state index is 5.01. The van der Waals surface area contributed by atoms with Gasteiger partial charge in [0.05, 0.1) is 42.5 Å². The Bertz CT molecular complexity index is 3380. The molecular weight excluding hydrogens is 655 g/mol. The number of para-hydroxylation sites is 4. The van der Waals surface area contributed by atoms with Crippen molar-refractivity contribution in [1.82, 2.24) is 23.7 Å². The molecule has 0 bridgehead atoms. The van der Waals surface area contributed by atoms with E-state index in [1.54, 1.807) is 11.3 Å². The number of nitrogens with zero attached hydrogens (tertiary/aromatic N) is 5. The van der Waals surface area contributed by atoms with Crippen LogP contribution < -0.4 is 0 Å². The van der Waals surface area contributed by atoms with Gasteiger partial charge >= 0.3 is 0 Å². The van der Waals surface area contributed by atoms with Crippen molar-refractivity contribution in [2.45, 2.75) is 0 Å². The number of fused-ring (bicyclic) bond motifs is 12. The first kappa shape index (κ1) is 28.0. The fourth-order valence-electron chi connectivity index (χ4n) is 8.57. The minimum Gasteiger partial charge on any atom is -0.309 e. The highest BCUT2D eigenvalue weighted by atomic mass is 32.1. The number of pyridine rings is 2. The summed E-state index contributed by atoms with van der Waals surface area (Å²) in [5.74, 6) is 0.914. The van der Waals surface area contributed by atoms with E-state index in [4.69, 9.17) is 4.98 Å². The molecule has 12 rings (SSSR count). The van der Waals surface area contributed by atoms with Gasteiger partial charge in [-0.25, -0.2) is 4.98 Å². The van der Waals surface area contributed by atoms with E-state index < -0.39 is 0 Å². The topological polar surface area (TPSA) is 40.6 Å². The summed E-state index contributed by atoms with van der Waals surface area (Å²) in [5.41, 5.74) is 9.35. The van der Waals surface area contributed by atoms with Crippen molar-refractivity contribution in [3.63, 3.8) is 0 Å². The second kappa shape index (κ2) is 10.4. The first-order valence-electron chi connectivity index (χ1n) is 17.5. The lowest BCUT2D eigenvalue weighted by atomic mass is 10.1. The lowest BCUT2D eigenvalue weighted by Crippen LogP contribution is -1.98. The summed E-state index contributed by atoms with van der Waals surface area (Å²) in [4.78, 5) is 9.36. The molecular formula is C46H27N5S. The van der Waals surface area contributed by atoms with Crippen molar-refractivity contribution in [3.05, 3.63) is 164 Å². The molecule has 0 N–H and O–H groups in total. The van der Waals surface area contributed by atoms with Crippen LogP contribution in [0.5, 0.6) is 0 Å². The molecule has 6 aromatic heterocycles. The zero-order valence-corrected chi connectivity index (χ0v) is 28.5. The van der Waals surface area contributed by atoms with Crippen LogP contribution in [-0.2, 0) is 0 Å². The molecule has 52 heavy (non-hydrogen) atoms. The first-order chi connectivity index (χ1) is 25.8. The fourth-order valence-corrected chi connectivity index (χ4v) is 9.60. The quantitative estimate of drug-likeness (QED) is 0.186. The lowest BCUT2D eigenvalue weighted by molar-refractivity contribution is 1.09. The van der Waals surface area contributed by atoms with Crippen molar-refractivity contribution >= 4 is 96.9 Å². The second-order valence-electron chi connectivity index (χ2n) is 13.5. The normalized spacial score (nSPS) is 12.2. The van der Waals surface area contributed by atoms with Crippen LogP contribution in [0.4, 0.5) is 0 Å². The highest BCUT2D eigenvalue weighted by Crippen LogP contribution is 2.40. The molecule has 0 radical (unpaired) electrons. The average molecular weight is 682 g/mol. The number of hydrogen-bond acceptors (Lipinski definition) is 3. The molecule has 0 saturated heterocycles. The van der Waals surface area contributed by atoms with Crippen LogP contribution in [0.1, 0.15) is 0 Å². The summed E-state index contributed by atoms with van der Waals surface area (Å²) in [7, 11) is 0. The minimum absolute atomic E-state index is 0.914. The molecule has 0 fully saturated rings. The third-order valence-corrected chi connectivity index (χ3v) is 11.9. The molecule has 0 aliphatic rings. The van der Waals surface area contributed by atoms with Crippen LogP contribution in [0.3, 0.4) is 0 Å². The standard InChI is InChI=1S/C46H27N5S/c1-5-13-38-30(9-1)31-10-2-6-14-39(31)49(38)28-17-19-42-35(23-28)32-11-3-7-15-40(32)50(42)29-18-20-43-36(24-29)33-12-4-8-16-41(33)51(43)46-25-37-34-21-22-47-26-44(34)52-45(37)27-48-46/h1-27H. The first-order valence-corrected chi connectivity index (χ1v) is 18.3. The predicted octanol–water partition coefficient (Wildman–Crippen LogP) is 12.1. The van der Waals surface area contributed by atoms with Crippen molar-refractivity contribution in [1.29, 1.82) is 0 Å². The van der Waals surface area contributed by atoms with Gasteiger partial charge < -0.3 is 9.13 Å². The van der Waals surface area contributed by atoms with Gasteiger partial charge in [0.1, 0.15) is 5.82 Å². The smallest absolute Gasteiger partial charge is 0.138 e. The Balaban J connectivity index is 1.08. The van der Waals surface area contributed by atoms with E-state index in [0.29, 0.717) is 0 Å². The molecule has 0 spiro atoms. The third-order valence-electron chi connectivity index (χ3n) is 10.8. The van der Waals surface area contributed by atoms with Crippen molar-refractivity contribution in [2.24, 2.45) is 0 Å². The van der Waals surface area contributed by atoms with Crippen molar-refractivity contribution in [3.8, 4) is 17.2 Å². The molecule has 0 saturated carbocycles. The minimum atomic E-state index is 0.914. The van der Waals surface area contributed by atoms with Crippen LogP contribution in [0.25, 0.3) is 103 Å². The maximum Gasteiger partial charge on any atom is 0.138 e. The van der Waals surface area contributed by atoms with Gasteiger partial charge in [0.2, 0.25) is 0 Å². The Kier molecular flexibility index (Phi) is 5.59. The summed E-state index contributed by atoms with van der Waals surface area (Å²) in [5, 5.41) is 9.83. The number of hydrogen-bond donors (Lipinski definition) is 0. The van der Waals surface area contributed by atoms with Crippen LogP contribution in [-0.4, -0.2) is 23.7 Å². The Morgan fingerprint density at radius 3 is 1.40 bits per heavy atom. The van der Waals surface area contributed by atoms with Crippen molar-refractivity contribution < 1.29 is 0 Å². The van der Waals surface area contributed by atoms with Gasteiger partial charge in [0.25, 0.3) is 0 Å². The van der Waals surface area contributed by atoms with Crippen molar-refractivity contribution in [2.75, 3.05) is 0 Å². The Morgan fingerprint density at radius 2 is 0.827 bits per heavy atom. The molecule has 0 aliphatic carbocycles. The third kappa shape index (κ3) is 3.76. The van der Waals surface area contributed by atoms with E-state index in [1.807, 2.05) is 18.6 Å². The zero-order valence-electron chi connectivity index (χ0n) is 27.7. The predicted molar refractivity (Wildman–Crippen MR) is 218 cm³/mol. The summed E-state index contributed by atoms with van der Waals surface area (Å²) in [6, 6.07) is 53.0. The van der Waals surface area contributed by atoms with Gasteiger partial charge in [-0.1, -0.05) is 72.8 Å². The molecule has 12 aromatic rings. The van der Waals surface area contributed by atoms with Gasteiger partial charge in [-0.2, -0.15) is 0 Å². The second-order valence-corrected chi connectivity index (χ2v) is 14.6. The summed E-state index contributed by atoms with van der Waals surface area (Å²) in [6.07, 6.45) is 5.83. The maximum atomic E-state index is 5.01. The molecule has 0 atom stereocenters. The number of rotatable bonds is 3. The molecule has 6 aromatic carbocycles. The highest BCUT2D eigenvalue weighted by molar-refractivity contribution is 7.25. The van der Waals surface area contributed by atoms with E-state index in [1.165, 1.54) is 74.6 Å². The van der Waals surface area contributed by atoms with E-state index in [9.17, 15) is 0 Å². The van der Waals surface area contributed by atoms with Gasteiger partial charge in [-0.05, 0) is 72.8 Å². The number of benzene rings is 6. The molecule has 0 aliphatic heterocycles. The summed E-state index contributed by atoms with van der Waals surface area (Å²) < 4.78 is 9.47. The Hall–Kier alpha value is -6.76. The van der Waals surface area contributed by atoms with Gasteiger partial charge in [-0.15, -0.1) is 11.3 Å². The lowest BCUT2D eigenvalue weighted by Gasteiger charge is -2.11. The number of thiophene rings is 1. The largest absolute Gasteiger partial charge is 0.309 e. The molecule has 0 amide bonds. The Labute approximate surface area is 300 Å². The van der Waals surface area contributed by atoms with E-state index >= 15 is 0 Å². The average Bonchev–Trinajstić information content (AvgIpc) is 3.93. The molecule has 6 heteroatoms. The fraction of sp³-hybridized carbons (Fsp3) is 0. The highest BCUT2D eigenvalue weighted by Gasteiger charge is 2.19. The van der Waals surface area contributed by atoms with Crippen LogP contribution in [0.15, 0.2) is 164 Å². The van der Waals surface area contributed by atoms with E-state index in [-0.39, 0.29) is 0 Å². The van der Waals surface area contributed by atoms with Gasteiger partial charge in [0, 0.05) is 73.1 Å². The molecule has 0 unspecified atom stereocenters. The monoisotopic (exact) mass is 681 g/mol. The van der Waals surface area contributed by atoms with E-state index in [0.717, 1.165) is 28.2 Å². The van der Waals surface area contributed by atoms with Gasteiger partial charge in [0.15, 0.2) is 0 Å². The SMILES string of the molecule is c1ccc2c(c1)c1ccccc1n2-c1ccc2c(c1)c1ccccc1n2-c1ccc2c(c1)c1ccccc1n2-c1cc2c(cn1)sc1cnccc12. The Morgan fingerprint density at radius 1 is 0.365 bits per heavy atom. The summed E-state index contributed by atoms with van der Waals surface area (Å²) in [6.45, 7) is 0. The van der Waals surface area contributed by atoms with Crippen LogP contribution in [0, 0.1) is 0 Å². The zero-order chi connectivity index (χ0) is 33.9. The summed E-state index contributed by atoms with van der Waals surface area (Å²) >= 11 is 1.74. The van der Waals surface area contributed by atoms with Crippen LogP contribution >= 0.6 is 11.3 Å². The molecule has 5 nitrogen and oxygen atoms in total. The molecule has 6 heterocycles. The number of aromatic nitrogens is 5. The van der Waals surface area contributed by atoms with E-state index in [2.05, 4.69) is 164 Å².